The van der Waals surface area contributed by atoms with Gasteiger partial charge in [0.2, 0.25) is 11.9 Å². The number of fused-ring (bicyclic) bond motifs is 4. The number of pyridine rings is 6. The number of aromatic nitrogens is 10. The first-order valence-electron chi connectivity index (χ1n) is 46.5. The Labute approximate surface area is 814 Å². The maximum absolute atomic E-state index is 14.7. The molecule has 0 spiro atoms. The third-order valence-electron chi connectivity index (χ3n) is 25.1. The molecule has 0 bridgehead atoms. The predicted molar refractivity (Wildman–Crippen MR) is 556 cm³/mol. The molecule has 4 N–H and O–H groups in total. The van der Waals surface area contributed by atoms with Crippen LogP contribution >= 0.6 is 46.4 Å². The Morgan fingerprint density at radius 2 is 0.574 bits per heavy atom. The molecule has 0 saturated carbocycles. The summed E-state index contributed by atoms with van der Waals surface area (Å²) in [5.41, 5.74) is 21.0. The number of anilines is 12. The summed E-state index contributed by atoms with van der Waals surface area (Å²) in [7, 11) is 8.61. The highest BCUT2D eigenvalue weighted by atomic mass is 35.5. The number of hydrogen-bond donors (Lipinski definition) is 4. The number of nitrogens with zero attached hydrogens (tertiary/aromatic N) is 18. The van der Waals surface area contributed by atoms with E-state index in [1.165, 1.54) is 23.3 Å². The van der Waals surface area contributed by atoms with Crippen molar-refractivity contribution in [2.75, 3.05) is 174 Å². The molecule has 0 amide bonds. The van der Waals surface area contributed by atoms with E-state index in [1.54, 1.807) is 30.7 Å². The van der Waals surface area contributed by atoms with Crippen molar-refractivity contribution in [3.8, 4) is 0 Å². The van der Waals surface area contributed by atoms with Crippen molar-refractivity contribution >= 4 is 159 Å². The third kappa shape index (κ3) is 25.6. The van der Waals surface area contributed by atoms with Crippen LogP contribution in [0.3, 0.4) is 0 Å². The Balaban J connectivity index is 0.000000126. The highest BCUT2D eigenvalue weighted by Crippen LogP contribution is 2.35. The Hall–Kier alpha value is -12.9. The highest BCUT2D eigenvalue weighted by Gasteiger charge is 2.23. The van der Waals surface area contributed by atoms with Gasteiger partial charge in [0.25, 0.3) is 0 Å². The molecule has 22 nitrogen and oxygen atoms in total. The van der Waals surface area contributed by atoms with Crippen LogP contribution in [0.2, 0.25) is 20.1 Å². The van der Waals surface area contributed by atoms with Gasteiger partial charge < -0.3 is 60.5 Å². The van der Waals surface area contributed by atoms with Gasteiger partial charge in [-0.05, 0) is 310 Å². The smallest absolute Gasteiger partial charge is 0.225 e. The Morgan fingerprint density at radius 3 is 0.919 bits per heavy atom. The van der Waals surface area contributed by atoms with Gasteiger partial charge in [0.1, 0.15) is 23.3 Å². The van der Waals surface area contributed by atoms with E-state index >= 15 is 0 Å². The average Bonchev–Trinajstić information content (AvgIpc) is 0.829. The van der Waals surface area contributed by atoms with E-state index < -0.39 is 0 Å². The molecule has 0 unspecified atom stereocenters. The zero-order valence-corrected chi connectivity index (χ0v) is 80.6. The van der Waals surface area contributed by atoms with Crippen molar-refractivity contribution in [2.24, 2.45) is 0 Å². The van der Waals surface area contributed by atoms with Gasteiger partial charge in [-0.15, -0.1) is 0 Å². The van der Waals surface area contributed by atoms with Crippen LogP contribution in [-0.4, -0.2) is 202 Å². The third-order valence-corrected chi connectivity index (χ3v) is 26.1. The highest BCUT2D eigenvalue weighted by molar-refractivity contribution is 6.32. The molecule has 0 aliphatic carbocycles. The monoisotopic (exact) mass is 1890 g/mol. The zero-order chi connectivity index (χ0) is 94.0. The summed E-state index contributed by atoms with van der Waals surface area (Å²) in [5.74, 6) is 3.32. The molecule has 4 aliphatic heterocycles. The molecule has 696 valence electrons. The Kier molecular flexibility index (Phi) is 31.5. The van der Waals surface area contributed by atoms with Gasteiger partial charge in [0.15, 0.2) is 0 Å². The molecule has 16 aromatic rings. The lowest BCUT2D eigenvalue weighted by atomic mass is 10.1. The summed E-state index contributed by atoms with van der Waals surface area (Å²) in [4.78, 5) is 65.1. The lowest BCUT2D eigenvalue weighted by molar-refractivity contribution is 0.311. The molecule has 8 aromatic heterocycles. The fraction of sp³-hybridized carbons (Fsp3) is 0.278. The minimum atomic E-state index is -0.216. The van der Waals surface area contributed by atoms with Crippen molar-refractivity contribution < 1.29 is 8.78 Å². The van der Waals surface area contributed by atoms with Crippen LogP contribution in [0.4, 0.5) is 77.8 Å². The molecule has 12 heterocycles. The van der Waals surface area contributed by atoms with E-state index in [1.807, 2.05) is 141 Å². The molecule has 136 heavy (non-hydrogen) atoms. The summed E-state index contributed by atoms with van der Waals surface area (Å²) in [6, 6.07) is 74.7. The second-order valence-corrected chi connectivity index (χ2v) is 37.1. The van der Waals surface area contributed by atoms with Crippen LogP contribution in [0.25, 0.3) is 43.6 Å². The lowest BCUT2D eigenvalue weighted by Crippen LogP contribution is -2.45. The Morgan fingerprint density at radius 1 is 0.272 bits per heavy atom. The average molecular weight is 1900 g/mol. The summed E-state index contributed by atoms with van der Waals surface area (Å²) >= 11 is 24.5. The fourth-order valence-electron chi connectivity index (χ4n) is 17.3. The summed E-state index contributed by atoms with van der Waals surface area (Å²) in [5, 5.41) is 20.6. The van der Waals surface area contributed by atoms with E-state index in [-0.39, 0.29) is 11.6 Å². The van der Waals surface area contributed by atoms with Crippen LogP contribution in [0.5, 0.6) is 0 Å². The summed E-state index contributed by atoms with van der Waals surface area (Å²) in [6.07, 6.45) is 13.2. The second kappa shape index (κ2) is 45.2. The lowest BCUT2D eigenvalue weighted by Gasteiger charge is -2.33. The topological polar surface area (TPSA) is 203 Å². The molecule has 4 saturated heterocycles. The van der Waals surface area contributed by atoms with Crippen LogP contribution in [-0.2, 0) is 51.4 Å². The van der Waals surface area contributed by atoms with Gasteiger partial charge in [0, 0.05) is 251 Å². The number of benzene rings is 8. The van der Waals surface area contributed by atoms with Gasteiger partial charge >= 0.3 is 0 Å². The van der Waals surface area contributed by atoms with Gasteiger partial charge in [-0.3, -0.25) is 19.9 Å². The van der Waals surface area contributed by atoms with Crippen molar-refractivity contribution in [1.82, 2.24) is 69.4 Å². The van der Waals surface area contributed by atoms with Crippen LogP contribution < -0.4 is 40.9 Å². The van der Waals surface area contributed by atoms with Crippen molar-refractivity contribution in [1.29, 1.82) is 0 Å². The summed E-state index contributed by atoms with van der Waals surface area (Å²) < 4.78 is 29.3. The number of piperazine rings is 4. The van der Waals surface area contributed by atoms with Crippen molar-refractivity contribution in [3.05, 3.63) is 343 Å². The first-order valence-corrected chi connectivity index (χ1v) is 48.0. The minimum Gasteiger partial charge on any atom is -0.355 e. The molecule has 4 fully saturated rings. The number of hydrogen-bond acceptors (Lipinski definition) is 22. The van der Waals surface area contributed by atoms with Gasteiger partial charge in [-0.1, -0.05) is 82.8 Å². The number of likely N-dealkylation sites (N-methyl/N-ethyl adjacent to an activating group) is 4. The summed E-state index contributed by atoms with van der Waals surface area (Å²) in [6.45, 7) is 20.2. The van der Waals surface area contributed by atoms with Crippen molar-refractivity contribution in [3.63, 3.8) is 0 Å². The molecular weight excluding hydrogens is 1790 g/mol. The quantitative estimate of drug-likeness (QED) is 0.0444. The first-order chi connectivity index (χ1) is 66.2. The zero-order valence-electron chi connectivity index (χ0n) is 77.5. The van der Waals surface area contributed by atoms with Gasteiger partial charge in [-0.25, -0.2) is 38.7 Å². The number of nitrogens with one attached hydrogen (secondary N) is 4. The Bertz CT molecular complexity index is 6830. The normalized spacial score (nSPS) is 14.5. The van der Waals surface area contributed by atoms with Crippen LogP contribution in [0.15, 0.2) is 255 Å². The standard InChI is InChI=1S/C27H28ClFN6.C27H27ClFN5.C27H29ClN6.C27H28ClN5/c1-18-15-21(33-27(31-18)35-13-11-34(2)12-14-35)5-3-19-16-22(6-8-24(19)29)32-25-9-10-30-26-17-20(28)4-7-23(25)26;1-33-13-15-34(16-14-33)27-4-2-3-21(32-27)7-5-19-17-22(8-10-24(19)29)31-25-11-12-30-26-18-20(28)6-9-23(25)26;1-19-16-23(32-27(30-19)34-14-12-33(2)13-15-34)8-6-20-4-3-5-22(17-20)31-25-10-11-29-26-18-21(28)7-9-24(25)26;1-32-14-16-33(17-15-32)27-7-3-5-22(31-27)10-8-20-4-2-6-23(18-20)30-25-12-13-29-26-19-21(28)9-11-24(25)26/h4,6-10,15-17H,3,5,11-14H2,1-2H3,(H,30,32);2-4,6,8-12,17-18H,5,7,13-16H2,1H3,(H,30,31);3-5,7,9-11,16-18H,6,8,12-15H2,1-2H3,(H,29,31);2-7,9,11-13,18-19H,8,10,14-17H2,1H3,(H,29,30). The van der Waals surface area contributed by atoms with E-state index in [4.69, 9.17) is 71.3 Å². The maximum atomic E-state index is 14.7. The van der Waals surface area contributed by atoms with Crippen LogP contribution in [0.1, 0.15) is 56.4 Å². The van der Waals surface area contributed by atoms with Gasteiger partial charge in [0.05, 0.1) is 22.1 Å². The molecule has 8 aromatic carbocycles. The molecule has 4 aliphatic rings. The number of halogens is 6. The van der Waals surface area contributed by atoms with E-state index in [9.17, 15) is 8.78 Å². The first kappa shape index (κ1) is 94.9. The van der Waals surface area contributed by atoms with E-state index in [0.29, 0.717) is 56.9 Å². The van der Waals surface area contributed by atoms with Gasteiger partial charge in [-0.2, -0.15) is 0 Å². The molecule has 28 heteroatoms. The number of rotatable bonds is 24. The minimum absolute atomic E-state index is 0.202. The van der Waals surface area contributed by atoms with Crippen LogP contribution in [0, 0.1) is 25.5 Å². The van der Waals surface area contributed by atoms with E-state index in [2.05, 4.69) is 199 Å². The maximum Gasteiger partial charge on any atom is 0.225 e. The molecular formula is C108H112Cl4F2N22. The SMILES string of the molecule is CN1CCN(c2cccc(CCc3cc(Nc4ccnc5cc(Cl)ccc45)ccc3F)n2)CC1.CN1CCN(c2cccc(CCc3cccc(Nc4ccnc5cc(Cl)ccc45)c3)n2)CC1.Cc1cc(CCc2cc(Nc3ccnc4cc(Cl)ccc34)ccc2F)nc(N2CCN(C)CC2)n1.Cc1cc(CCc2cccc(Nc3ccnc4cc(Cl)ccc34)c2)nc(N2CCN(C)CC2)n1. The van der Waals surface area contributed by atoms with E-state index in [0.717, 1.165) is 277 Å². The largest absolute Gasteiger partial charge is 0.355 e. The molecule has 0 radical (unpaired) electrons. The molecule has 0 atom stereocenters. The van der Waals surface area contributed by atoms with Crippen molar-refractivity contribution in [2.45, 2.75) is 65.2 Å². The number of aryl methyl sites for hydroxylation is 10. The second-order valence-electron chi connectivity index (χ2n) is 35.3. The fourth-order valence-corrected chi connectivity index (χ4v) is 18.0. The molecule has 20 rings (SSSR count). The predicted octanol–water partition coefficient (Wildman–Crippen LogP) is 21.9.